The number of ether oxygens (including phenoxy) is 1. The third-order valence-corrected chi connectivity index (χ3v) is 4.71. The normalized spacial score (nSPS) is 16.1. The van der Waals surface area contributed by atoms with Gasteiger partial charge in [-0.3, -0.25) is 9.69 Å². The highest BCUT2D eigenvalue weighted by atomic mass is 16.5. The number of anilines is 1. The number of nitrogens with one attached hydrogen (secondary N) is 2. The maximum Gasteiger partial charge on any atom is 0.241 e. The number of benzene rings is 2. The Hall–Kier alpha value is -2.37. The average Bonchev–Trinajstić information content (AvgIpc) is 2.68. The van der Waals surface area contributed by atoms with Gasteiger partial charge in [-0.2, -0.15) is 0 Å². The standard InChI is InChI=1S/C21H27N3O2/c1-16-6-8-18(9-7-16)15-26-20-5-3-4-19(14-20)23-21(25)17(2)24-12-10-22-11-13-24/h3-9,14,17,22H,10-13,15H2,1-2H3,(H,23,25). The van der Waals surface area contributed by atoms with Crippen molar-refractivity contribution in [1.82, 2.24) is 10.2 Å². The lowest BCUT2D eigenvalue weighted by molar-refractivity contribution is -0.120. The van der Waals surface area contributed by atoms with Crippen LogP contribution in [0.4, 0.5) is 5.69 Å². The summed E-state index contributed by atoms with van der Waals surface area (Å²) < 4.78 is 5.86. The van der Waals surface area contributed by atoms with Crippen molar-refractivity contribution < 1.29 is 9.53 Å². The second-order valence-electron chi connectivity index (χ2n) is 6.75. The monoisotopic (exact) mass is 353 g/mol. The van der Waals surface area contributed by atoms with Crippen LogP contribution in [0.5, 0.6) is 5.75 Å². The van der Waals surface area contributed by atoms with Crippen molar-refractivity contribution in [3.63, 3.8) is 0 Å². The smallest absolute Gasteiger partial charge is 0.241 e. The maximum absolute atomic E-state index is 12.5. The first-order valence-corrected chi connectivity index (χ1v) is 9.16. The van der Waals surface area contributed by atoms with Crippen LogP contribution in [0.2, 0.25) is 0 Å². The minimum absolute atomic E-state index is 0.0163. The van der Waals surface area contributed by atoms with E-state index in [1.165, 1.54) is 5.56 Å². The van der Waals surface area contributed by atoms with Crippen molar-refractivity contribution in [3.8, 4) is 5.75 Å². The molecule has 1 aliphatic heterocycles. The van der Waals surface area contributed by atoms with Gasteiger partial charge in [-0.25, -0.2) is 0 Å². The first kappa shape index (κ1) is 18.4. The molecule has 0 aliphatic carbocycles. The summed E-state index contributed by atoms with van der Waals surface area (Å²) in [6, 6.07) is 15.7. The SMILES string of the molecule is Cc1ccc(COc2cccc(NC(=O)C(C)N3CCNCC3)c2)cc1. The Morgan fingerprint density at radius 3 is 2.65 bits per heavy atom. The Balaban J connectivity index is 1.56. The second kappa shape index (κ2) is 8.83. The molecule has 1 fully saturated rings. The third kappa shape index (κ3) is 5.07. The van der Waals surface area contributed by atoms with Crippen LogP contribution in [0.1, 0.15) is 18.1 Å². The van der Waals surface area contributed by atoms with Crippen LogP contribution in [0, 0.1) is 6.92 Å². The number of aryl methyl sites for hydroxylation is 1. The van der Waals surface area contributed by atoms with Gasteiger partial charge in [0.15, 0.2) is 0 Å². The van der Waals surface area contributed by atoms with Crippen molar-refractivity contribution >= 4 is 11.6 Å². The Labute approximate surface area is 155 Å². The Bertz CT molecular complexity index is 724. The van der Waals surface area contributed by atoms with Crippen molar-refractivity contribution in [1.29, 1.82) is 0 Å². The van der Waals surface area contributed by atoms with Gasteiger partial charge in [0.2, 0.25) is 5.91 Å². The summed E-state index contributed by atoms with van der Waals surface area (Å²) in [4.78, 5) is 14.7. The Kier molecular flexibility index (Phi) is 6.26. The lowest BCUT2D eigenvalue weighted by atomic mass is 10.2. The molecular formula is C21H27N3O2. The number of rotatable bonds is 6. The molecule has 1 aliphatic rings. The highest BCUT2D eigenvalue weighted by molar-refractivity contribution is 5.94. The third-order valence-electron chi connectivity index (χ3n) is 4.71. The molecule has 1 saturated heterocycles. The molecule has 2 aromatic carbocycles. The fourth-order valence-corrected chi connectivity index (χ4v) is 3.00. The van der Waals surface area contributed by atoms with Crippen molar-refractivity contribution in [2.24, 2.45) is 0 Å². The number of hydrogen-bond acceptors (Lipinski definition) is 4. The Morgan fingerprint density at radius 2 is 1.92 bits per heavy atom. The minimum Gasteiger partial charge on any atom is -0.489 e. The second-order valence-corrected chi connectivity index (χ2v) is 6.75. The highest BCUT2D eigenvalue weighted by Gasteiger charge is 2.22. The molecule has 0 saturated carbocycles. The molecule has 0 radical (unpaired) electrons. The molecule has 2 aromatic rings. The van der Waals surface area contributed by atoms with Crippen molar-refractivity contribution in [3.05, 3.63) is 59.7 Å². The van der Waals surface area contributed by atoms with Gasteiger partial charge < -0.3 is 15.4 Å². The van der Waals surface area contributed by atoms with E-state index in [2.05, 4.69) is 46.7 Å². The molecule has 3 rings (SSSR count). The molecule has 1 unspecified atom stereocenters. The van der Waals surface area contributed by atoms with Gasteiger partial charge in [-0.05, 0) is 31.5 Å². The van der Waals surface area contributed by atoms with Gasteiger partial charge in [0, 0.05) is 37.9 Å². The lowest BCUT2D eigenvalue weighted by Gasteiger charge is -2.31. The van der Waals surface area contributed by atoms with E-state index in [4.69, 9.17) is 4.74 Å². The zero-order chi connectivity index (χ0) is 18.4. The summed E-state index contributed by atoms with van der Waals surface area (Å²) in [7, 11) is 0. The van der Waals surface area contributed by atoms with E-state index in [9.17, 15) is 4.79 Å². The summed E-state index contributed by atoms with van der Waals surface area (Å²) in [5.41, 5.74) is 3.12. The summed E-state index contributed by atoms with van der Waals surface area (Å²) in [5, 5.41) is 6.31. The van der Waals surface area contributed by atoms with E-state index >= 15 is 0 Å². The minimum atomic E-state index is -0.144. The van der Waals surface area contributed by atoms with Crippen LogP contribution < -0.4 is 15.4 Å². The molecule has 26 heavy (non-hydrogen) atoms. The van der Waals surface area contributed by atoms with Gasteiger partial charge in [0.1, 0.15) is 12.4 Å². The van der Waals surface area contributed by atoms with Crippen LogP contribution in [0.3, 0.4) is 0 Å². The average molecular weight is 353 g/mol. The highest BCUT2D eigenvalue weighted by Crippen LogP contribution is 2.19. The summed E-state index contributed by atoms with van der Waals surface area (Å²) in [6.45, 7) is 8.19. The predicted octanol–water partition coefficient (Wildman–Crippen LogP) is 2.81. The molecule has 1 atom stereocenters. The van der Waals surface area contributed by atoms with Crippen LogP contribution in [0.15, 0.2) is 48.5 Å². The van der Waals surface area contributed by atoms with Gasteiger partial charge in [-0.1, -0.05) is 35.9 Å². The van der Waals surface area contributed by atoms with E-state index in [-0.39, 0.29) is 11.9 Å². The van der Waals surface area contributed by atoms with Crippen LogP contribution in [-0.2, 0) is 11.4 Å². The molecule has 138 valence electrons. The number of hydrogen-bond donors (Lipinski definition) is 2. The van der Waals surface area contributed by atoms with Gasteiger partial charge in [-0.15, -0.1) is 0 Å². The first-order valence-electron chi connectivity index (χ1n) is 9.16. The van der Waals surface area contributed by atoms with E-state index < -0.39 is 0 Å². The number of nitrogens with zero attached hydrogens (tertiary/aromatic N) is 1. The zero-order valence-electron chi connectivity index (χ0n) is 15.5. The van der Waals surface area contributed by atoms with Crippen LogP contribution in [-0.4, -0.2) is 43.0 Å². The molecule has 0 aromatic heterocycles. The number of amides is 1. The quantitative estimate of drug-likeness (QED) is 0.838. The molecule has 0 bridgehead atoms. The molecule has 1 heterocycles. The number of carbonyl (C=O) groups excluding carboxylic acids is 1. The molecule has 5 heteroatoms. The predicted molar refractivity (Wildman–Crippen MR) is 104 cm³/mol. The summed E-state index contributed by atoms with van der Waals surface area (Å²) >= 11 is 0. The van der Waals surface area contributed by atoms with E-state index in [0.29, 0.717) is 6.61 Å². The summed E-state index contributed by atoms with van der Waals surface area (Å²) in [6.07, 6.45) is 0. The Morgan fingerprint density at radius 1 is 1.19 bits per heavy atom. The topological polar surface area (TPSA) is 53.6 Å². The van der Waals surface area contributed by atoms with Crippen LogP contribution in [0.25, 0.3) is 0 Å². The van der Waals surface area contributed by atoms with Gasteiger partial charge in [0.25, 0.3) is 0 Å². The molecule has 5 nitrogen and oxygen atoms in total. The van der Waals surface area contributed by atoms with Crippen molar-refractivity contribution in [2.75, 3.05) is 31.5 Å². The largest absolute Gasteiger partial charge is 0.489 e. The molecule has 1 amide bonds. The lowest BCUT2D eigenvalue weighted by Crippen LogP contribution is -2.51. The molecule has 0 spiro atoms. The maximum atomic E-state index is 12.5. The van der Waals surface area contributed by atoms with E-state index in [0.717, 1.165) is 43.2 Å². The van der Waals surface area contributed by atoms with Gasteiger partial charge in [0.05, 0.1) is 6.04 Å². The van der Waals surface area contributed by atoms with Crippen molar-refractivity contribution in [2.45, 2.75) is 26.5 Å². The van der Waals surface area contributed by atoms with Gasteiger partial charge >= 0.3 is 0 Å². The fourth-order valence-electron chi connectivity index (χ4n) is 3.00. The fraction of sp³-hybridized carbons (Fsp3) is 0.381. The van der Waals surface area contributed by atoms with E-state index in [1.54, 1.807) is 0 Å². The number of carbonyl (C=O) groups is 1. The van der Waals surface area contributed by atoms with E-state index in [1.807, 2.05) is 31.2 Å². The van der Waals surface area contributed by atoms with Crippen LogP contribution >= 0.6 is 0 Å². The first-order chi connectivity index (χ1) is 12.6. The zero-order valence-corrected chi connectivity index (χ0v) is 15.5. The molecule has 2 N–H and O–H groups in total. The summed E-state index contributed by atoms with van der Waals surface area (Å²) in [5.74, 6) is 0.765. The molecular weight excluding hydrogens is 326 g/mol. The number of piperazine rings is 1.